The lowest BCUT2D eigenvalue weighted by molar-refractivity contribution is 0.738. The maximum absolute atomic E-state index is 6.37. The first kappa shape index (κ1) is 30.4. The first-order chi connectivity index (χ1) is 20.2. The highest BCUT2D eigenvalue weighted by atomic mass is 35.5. The minimum atomic E-state index is 0. The molecule has 0 spiro atoms. The fraction of sp³-hybridized carbons (Fsp3) is 0.0968. The van der Waals surface area contributed by atoms with Crippen LogP contribution in [0, 0.1) is 0 Å². The Bertz CT molecular complexity index is 2080. The van der Waals surface area contributed by atoms with Crippen LogP contribution in [0.5, 0.6) is 0 Å². The van der Waals surface area contributed by atoms with Crippen molar-refractivity contribution in [3.05, 3.63) is 106 Å². The van der Waals surface area contributed by atoms with E-state index in [9.17, 15) is 0 Å². The molecule has 8 nitrogen and oxygen atoms in total. The predicted octanol–water partition coefficient (Wildman–Crippen LogP) is 8.89. The summed E-state index contributed by atoms with van der Waals surface area (Å²) >= 11 is 24.6. The second-order valence-electron chi connectivity index (χ2n) is 9.48. The molecule has 218 valence electrons. The molecule has 0 aliphatic carbocycles. The van der Waals surface area contributed by atoms with Gasteiger partial charge in [-0.05, 0) is 36.4 Å². The van der Waals surface area contributed by atoms with Gasteiger partial charge in [0, 0.05) is 67.2 Å². The molecule has 0 bridgehead atoms. The Kier molecular flexibility index (Phi) is 8.66. The lowest BCUT2D eigenvalue weighted by atomic mass is 10.0. The second kappa shape index (κ2) is 12.3. The molecule has 2 N–H and O–H groups in total. The smallest absolute Gasteiger partial charge is 0.145 e. The molecule has 0 fully saturated rings. The SMILES string of the molecule is C.Cn1nc2c(-c3ccc(Cl)cc3Cl)cccc2c1-n1cnnc1.Cn1nc2c(-c3ccc(Cl)cc3Cl)cccc2c1N. The van der Waals surface area contributed by atoms with Gasteiger partial charge >= 0.3 is 0 Å². The number of halogens is 4. The zero-order valence-electron chi connectivity index (χ0n) is 22.3. The Morgan fingerprint density at radius 3 is 1.63 bits per heavy atom. The van der Waals surface area contributed by atoms with E-state index in [0.717, 1.165) is 49.9 Å². The van der Waals surface area contributed by atoms with Crippen LogP contribution in [0.1, 0.15) is 7.43 Å². The number of nitrogens with zero attached hydrogens (tertiary/aromatic N) is 7. The van der Waals surface area contributed by atoms with Gasteiger partial charge in [-0.25, -0.2) is 0 Å². The fourth-order valence-electron chi connectivity index (χ4n) is 4.91. The first-order valence-electron chi connectivity index (χ1n) is 12.7. The molecule has 0 amide bonds. The number of rotatable bonds is 3. The normalized spacial score (nSPS) is 10.9. The van der Waals surface area contributed by atoms with Gasteiger partial charge in [0.1, 0.15) is 35.3 Å². The average Bonchev–Trinajstić information content (AvgIpc) is 3.67. The number of benzene rings is 4. The third-order valence-electron chi connectivity index (χ3n) is 6.85. The quantitative estimate of drug-likeness (QED) is 0.206. The van der Waals surface area contributed by atoms with Crippen LogP contribution in [-0.4, -0.2) is 34.3 Å². The van der Waals surface area contributed by atoms with Crippen molar-refractivity contribution in [2.75, 3.05) is 5.73 Å². The summed E-state index contributed by atoms with van der Waals surface area (Å²) in [4.78, 5) is 0. The summed E-state index contributed by atoms with van der Waals surface area (Å²) in [5.74, 6) is 1.54. The zero-order chi connectivity index (χ0) is 29.5. The highest BCUT2D eigenvalue weighted by Gasteiger charge is 2.16. The number of hydrogen-bond donors (Lipinski definition) is 1. The monoisotopic (exact) mass is 650 g/mol. The molecule has 7 aromatic rings. The summed E-state index contributed by atoms with van der Waals surface area (Å²) in [5.41, 5.74) is 11.4. The zero-order valence-corrected chi connectivity index (χ0v) is 25.3. The molecule has 0 unspecified atom stereocenters. The fourth-order valence-corrected chi connectivity index (χ4v) is 5.93. The van der Waals surface area contributed by atoms with Gasteiger partial charge in [-0.2, -0.15) is 10.2 Å². The minimum absolute atomic E-state index is 0. The molecular formula is C31H26Cl4N8. The standard InChI is InChI=1S/C16H11Cl2N5.C14H11Cl2N3.CH4/c1-22-16(23-8-19-20-9-23)13-4-2-3-12(15(13)21-22)11-6-5-10(17)7-14(11)18;1-19-14(17)11-4-2-3-10(13(11)18-19)9-6-5-8(15)7-12(9)16;/h2-9H,1H3;2-7H,17H2,1H3;1H4. The van der Waals surface area contributed by atoms with E-state index >= 15 is 0 Å². The first-order valence-corrected chi connectivity index (χ1v) is 14.2. The van der Waals surface area contributed by atoms with Crippen LogP contribution in [0.25, 0.3) is 49.9 Å². The van der Waals surface area contributed by atoms with Gasteiger partial charge in [-0.15, -0.1) is 10.2 Å². The van der Waals surface area contributed by atoms with Crippen molar-refractivity contribution in [1.82, 2.24) is 34.3 Å². The van der Waals surface area contributed by atoms with Crippen molar-refractivity contribution >= 4 is 74.0 Å². The van der Waals surface area contributed by atoms with E-state index in [0.29, 0.717) is 25.9 Å². The van der Waals surface area contributed by atoms with Crippen molar-refractivity contribution in [2.45, 2.75) is 7.43 Å². The predicted molar refractivity (Wildman–Crippen MR) is 178 cm³/mol. The molecule has 0 aliphatic rings. The molecule has 0 atom stereocenters. The highest BCUT2D eigenvalue weighted by Crippen LogP contribution is 2.37. The van der Waals surface area contributed by atoms with Crippen molar-refractivity contribution < 1.29 is 0 Å². The molecule has 3 heterocycles. The molecule has 4 aromatic carbocycles. The average molecular weight is 652 g/mol. The van der Waals surface area contributed by atoms with E-state index in [-0.39, 0.29) is 7.43 Å². The lowest BCUT2D eigenvalue weighted by Crippen LogP contribution is -2.00. The number of hydrogen-bond acceptors (Lipinski definition) is 5. The summed E-state index contributed by atoms with van der Waals surface area (Å²) in [6.45, 7) is 0. The molecule has 43 heavy (non-hydrogen) atoms. The summed E-state index contributed by atoms with van der Waals surface area (Å²) < 4.78 is 5.31. The van der Waals surface area contributed by atoms with Crippen LogP contribution in [0.4, 0.5) is 5.82 Å². The van der Waals surface area contributed by atoms with E-state index in [1.54, 1.807) is 34.2 Å². The topological polar surface area (TPSA) is 92.4 Å². The molecule has 0 saturated heterocycles. The Morgan fingerprint density at radius 2 is 1.09 bits per heavy atom. The van der Waals surface area contributed by atoms with Crippen LogP contribution >= 0.6 is 46.4 Å². The third-order valence-corrected chi connectivity index (χ3v) is 7.95. The molecule has 0 aliphatic heterocycles. The summed E-state index contributed by atoms with van der Waals surface area (Å²) in [6.07, 6.45) is 3.30. The highest BCUT2D eigenvalue weighted by molar-refractivity contribution is 6.37. The van der Waals surface area contributed by atoms with Crippen molar-refractivity contribution in [2.24, 2.45) is 14.1 Å². The number of aryl methyl sites for hydroxylation is 2. The summed E-state index contributed by atoms with van der Waals surface area (Å²) in [6, 6.07) is 22.8. The van der Waals surface area contributed by atoms with E-state index in [2.05, 4.69) is 20.4 Å². The summed E-state index contributed by atoms with van der Waals surface area (Å²) in [5, 5.41) is 21.2. The second-order valence-corrected chi connectivity index (χ2v) is 11.2. The van der Waals surface area contributed by atoms with Gasteiger partial charge in [-0.3, -0.25) is 13.9 Å². The van der Waals surface area contributed by atoms with E-state index < -0.39 is 0 Å². The van der Waals surface area contributed by atoms with Gasteiger partial charge in [0.2, 0.25) is 0 Å². The van der Waals surface area contributed by atoms with Crippen LogP contribution in [0.2, 0.25) is 20.1 Å². The molecular weight excluding hydrogens is 626 g/mol. The molecule has 0 radical (unpaired) electrons. The number of nitrogens with two attached hydrogens (primary N) is 1. The molecule has 0 saturated carbocycles. The number of fused-ring (bicyclic) bond motifs is 2. The van der Waals surface area contributed by atoms with Gasteiger partial charge in [0.05, 0.1) is 0 Å². The van der Waals surface area contributed by atoms with Gasteiger partial charge in [0.15, 0.2) is 0 Å². The van der Waals surface area contributed by atoms with Gasteiger partial charge in [-0.1, -0.05) is 90.2 Å². The largest absolute Gasteiger partial charge is 0.383 e. The van der Waals surface area contributed by atoms with E-state index in [1.807, 2.05) is 79.3 Å². The number of nitrogen functional groups attached to an aromatic ring is 1. The van der Waals surface area contributed by atoms with Crippen LogP contribution in [-0.2, 0) is 14.1 Å². The van der Waals surface area contributed by atoms with Crippen LogP contribution in [0.3, 0.4) is 0 Å². The van der Waals surface area contributed by atoms with Crippen LogP contribution < -0.4 is 5.73 Å². The van der Waals surface area contributed by atoms with E-state index in [4.69, 9.17) is 52.1 Å². The van der Waals surface area contributed by atoms with Crippen molar-refractivity contribution in [1.29, 1.82) is 0 Å². The maximum Gasteiger partial charge on any atom is 0.145 e. The Labute approximate surface area is 268 Å². The minimum Gasteiger partial charge on any atom is -0.383 e. The third kappa shape index (κ3) is 5.67. The Hall–Kier alpha value is -4.08. The Morgan fingerprint density at radius 1 is 0.605 bits per heavy atom. The number of aromatic nitrogens is 7. The number of anilines is 1. The lowest BCUT2D eigenvalue weighted by Gasteiger charge is -2.06. The molecule has 3 aromatic heterocycles. The van der Waals surface area contributed by atoms with E-state index in [1.165, 1.54) is 0 Å². The van der Waals surface area contributed by atoms with Crippen LogP contribution in [0.15, 0.2) is 85.5 Å². The molecule has 7 rings (SSSR count). The molecule has 12 heteroatoms. The Balaban J connectivity index is 0.000000170. The van der Waals surface area contributed by atoms with Crippen molar-refractivity contribution in [3.8, 4) is 28.1 Å². The maximum atomic E-state index is 6.37. The van der Waals surface area contributed by atoms with Crippen molar-refractivity contribution in [3.63, 3.8) is 0 Å². The van der Waals surface area contributed by atoms with Gasteiger partial charge in [0.25, 0.3) is 0 Å². The summed E-state index contributed by atoms with van der Waals surface area (Å²) in [7, 11) is 3.71. The van der Waals surface area contributed by atoms with Gasteiger partial charge < -0.3 is 5.73 Å².